The number of hydrogen-bond donors (Lipinski definition) is 1. The summed E-state index contributed by atoms with van der Waals surface area (Å²) < 4.78 is 5.17. The number of nitrogens with zero attached hydrogens (tertiary/aromatic N) is 2. The Balaban J connectivity index is 1.94. The van der Waals surface area contributed by atoms with Gasteiger partial charge in [0.25, 0.3) is 0 Å². The standard InChI is InChI=1S/C12H9N3O/c1-2-10(7-13-5-1)15-9-3-4-12-11(6-9)14-8-16-12/h1-8,15H. The van der Waals surface area contributed by atoms with Crippen molar-refractivity contribution in [3.05, 3.63) is 49.1 Å². The van der Waals surface area contributed by atoms with Gasteiger partial charge in [0.1, 0.15) is 5.52 Å². The van der Waals surface area contributed by atoms with Crippen molar-refractivity contribution in [3.8, 4) is 0 Å². The van der Waals surface area contributed by atoms with E-state index in [2.05, 4.69) is 15.3 Å². The molecule has 16 heavy (non-hydrogen) atoms. The van der Waals surface area contributed by atoms with Crippen LogP contribution in [0.25, 0.3) is 11.1 Å². The van der Waals surface area contributed by atoms with E-state index in [0.717, 1.165) is 22.5 Å². The predicted molar refractivity (Wildman–Crippen MR) is 61.5 cm³/mol. The summed E-state index contributed by atoms with van der Waals surface area (Å²) in [4.78, 5) is 8.14. The van der Waals surface area contributed by atoms with Gasteiger partial charge in [-0.25, -0.2) is 4.98 Å². The second kappa shape index (κ2) is 3.66. The Morgan fingerprint density at radius 1 is 1.12 bits per heavy atom. The number of oxazole rings is 1. The number of aromatic nitrogens is 2. The third-order valence-electron chi connectivity index (χ3n) is 2.28. The topological polar surface area (TPSA) is 51.0 Å². The molecule has 2 heterocycles. The van der Waals surface area contributed by atoms with Gasteiger partial charge in [-0.1, -0.05) is 0 Å². The molecule has 0 amide bonds. The van der Waals surface area contributed by atoms with E-state index < -0.39 is 0 Å². The van der Waals surface area contributed by atoms with Crippen molar-refractivity contribution in [1.29, 1.82) is 0 Å². The molecule has 0 unspecified atom stereocenters. The smallest absolute Gasteiger partial charge is 0.181 e. The van der Waals surface area contributed by atoms with Gasteiger partial charge in [-0.3, -0.25) is 4.98 Å². The minimum Gasteiger partial charge on any atom is -0.443 e. The summed E-state index contributed by atoms with van der Waals surface area (Å²) in [5.74, 6) is 0. The van der Waals surface area contributed by atoms with Gasteiger partial charge < -0.3 is 9.73 Å². The largest absolute Gasteiger partial charge is 0.443 e. The highest BCUT2D eigenvalue weighted by Crippen LogP contribution is 2.20. The zero-order valence-electron chi connectivity index (χ0n) is 8.42. The Labute approximate surface area is 92.0 Å². The van der Waals surface area contributed by atoms with Crippen LogP contribution in [0.4, 0.5) is 11.4 Å². The van der Waals surface area contributed by atoms with E-state index in [1.165, 1.54) is 6.39 Å². The highest BCUT2D eigenvalue weighted by molar-refractivity contribution is 5.78. The lowest BCUT2D eigenvalue weighted by Gasteiger charge is -2.04. The first-order valence-corrected chi connectivity index (χ1v) is 4.92. The van der Waals surface area contributed by atoms with Crippen LogP contribution in [0.2, 0.25) is 0 Å². The fourth-order valence-electron chi connectivity index (χ4n) is 1.54. The molecule has 0 aliphatic rings. The molecule has 1 N–H and O–H groups in total. The quantitative estimate of drug-likeness (QED) is 0.708. The minimum absolute atomic E-state index is 0.789. The van der Waals surface area contributed by atoms with Gasteiger partial charge in [-0.05, 0) is 30.3 Å². The molecule has 1 aromatic carbocycles. The molecule has 4 nitrogen and oxygen atoms in total. The zero-order valence-corrected chi connectivity index (χ0v) is 8.42. The molecule has 78 valence electrons. The summed E-state index contributed by atoms with van der Waals surface area (Å²) in [6.07, 6.45) is 4.96. The summed E-state index contributed by atoms with van der Waals surface area (Å²) in [5.41, 5.74) is 3.55. The Kier molecular flexibility index (Phi) is 2.04. The second-order valence-corrected chi connectivity index (χ2v) is 3.40. The van der Waals surface area contributed by atoms with Crippen LogP contribution >= 0.6 is 0 Å². The summed E-state index contributed by atoms with van der Waals surface area (Å²) in [5, 5.41) is 3.24. The van der Waals surface area contributed by atoms with Gasteiger partial charge in [-0.15, -0.1) is 0 Å². The van der Waals surface area contributed by atoms with Crippen LogP contribution in [0.3, 0.4) is 0 Å². The predicted octanol–water partition coefficient (Wildman–Crippen LogP) is 2.97. The first kappa shape index (κ1) is 8.91. The Bertz CT molecular complexity index is 604. The summed E-state index contributed by atoms with van der Waals surface area (Å²) in [7, 11) is 0. The zero-order chi connectivity index (χ0) is 10.8. The molecule has 3 rings (SSSR count). The molecule has 2 aromatic heterocycles. The number of nitrogens with one attached hydrogen (secondary N) is 1. The van der Waals surface area contributed by atoms with Crippen molar-refractivity contribution in [3.63, 3.8) is 0 Å². The normalized spacial score (nSPS) is 10.5. The van der Waals surface area contributed by atoms with Crippen LogP contribution < -0.4 is 5.32 Å². The van der Waals surface area contributed by atoms with Crippen molar-refractivity contribution in [2.75, 3.05) is 5.32 Å². The summed E-state index contributed by atoms with van der Waals surface area (Å²) in [6, 6.07) is 9.62. The Morgan fingerprint density at radius 3 is 3.00 bits per heavy atom. The molecule has 0 saturated carbocycles. The number of fused-ring (bicyclic) bond motifs is 1. The maximum Gasteiger partial charge on any atom is 0.181 e. The van der Waals surface area contributed by atoms with Gasteiger partial charge >= 0.3 is 0 Å². The van der Waals surface area contributed by atoms with E-state index in [1.54, 1.807) is 12.4 Å². The van der Waals surface area contributed by atoms with E-state index in [1.807, 2.05) is 30.3 Å². The van der Waals surface area contributed by atoms with Crippen LogP contribution in [-0.2, 0) is 0 Å². The lowest BCUT2D eigenvalue weighted by atomic mass is 10.2. The fraction of sp³-hybridized carbons (Fsp3) is 0. The van der Waals surface area contributed by atoms with E-state index in [4.69, 9.17) is 4.42 Å². The van der Waals surface area contributed by atoms with Crippen LogP contribution in [-0.4, -0.2) is 9.97 Å². The van der Waals surface area contributed by atoms with Gasteiger partial charge in [0.05, 0.1) is 11.9 Å². The van der Waals surface area contributed by atoms with Gasteiger partial charge in [-0.2, -0.15) is 0 Å². The number of pyridine rings is 1. The first-order valence-electron chi connectivity index (χ1n) is 4.92. The maximum atomic E-state index is 5.17. The molecule has 0 atom stereocenters. The van der Waals surface area contributed by atoms with Crippen molar-refractivity contribution in [2.24, 2.45) is 0 Å². The van der Waals surface area contributed by atoms with Crippen molar-refractivity contribution >= 4 is 22.5 Å². The highest BCUT2D eigenvalue weighted by atomic mass is 16.3. The number of benzene rings is 1. The third kappa shape index (κ3) is 1.61. The average Bonchev–Trinajstić information content (AvgIpc) is 2.77. The molecule has 0 radical (unpaired) electrons. The molecule has 4 heteroatoms. The second-order valence-electron chi connectivity index (χ2n) is 3.40. The lowest BCUT2D eigenvalue weighted by Crippen LogP contribution is -1.89. The third-order valence-corrected chi connectivity index (χ3v) is 2.28. The summed E-state index contributed by atoms with van der Waals surface area (Å²) in [6.45, 7) is 0. The summed E-state index contributed by atoms with van der Waals surface area (Å²) >= 11 is 0. The van der Waals surface area contributed by atoms with Crippen molar-refractivity contribution in [1.82, 2.24) is 9.97 Å². The van der Waals surface area contributed by atoms with E-state index in [9.17, 15) is 0 Å². The van der Waals surface area contributed by atoms with Crippen LogP contribution in [0.1, 0.15) is 0 Å². The van der Waals surface area contributed by atoms with Crippen molar-refractivity contribution < 1.29 is 4.42 Å². The molecular weight excluding hydrogens is 202 g/mol. The fourth-order valence-corrected chi connectivity index (χ4v) is 1.54. The Hall–Kier alpha value is -2.36. The molecule has 0 aliphatic heterocycles. The molecule has 0 saturated heterocycles. The number of rotatable bonds is 2. The Morgan fingerprint density at radius 2 is 2.12 bits per heavy atom. The van der Waals surface area contributed by atoms with E-state index in [-0.39, 0.29) is 0 Å². The van der Waals surface area contributed by atoms with E-state index >= 15 is 0 Å². The first-order chi connectivity index (χ1) is 7.92. The molecule has 3 aromatic rings. The maximum absolute atomic E-state index is 5.17. The van der Waals surface area contributed by atoms with Crippen molar-refractivity contribution in [2.45, 2.75) is 0 Å². The molecular formula is C12H9N3O. The average molecular weight is 211 g/mol. The minimum atomic E-state index is 0.789. The molecule has 0 bridgehead atoms. The van der Waals surface area contributed by atoms with Gasteiger partial charge in [0.2, 0.25) is 0 Å². The molecule has 0 spiro atoms. The number of hydrogen-bond acceptors (Lipinski definition) is 4. The SMILES string of the molecule is c1cncc(Nc2ccc3ocnc3c2)c1. The number of anilines is 2. The van der Waals surface area contributed by atoms with Crippen LogP contribution in [0, 0.1) is 0 Å². The van der Waals surface area contributed by atoms with Crippen LogP contribution in [0.15, 0.2) is 53.5 Å². The monoisotopic (exact) mass is 211 g/mol. The van der Waals surface area contributed by atoms with Crippen LogP contribution in [0.5, 0.6) is 0 Å². The molecule has 0 fully saturated rings. The van der Waals surface area contributed by atoms with Gasteiger partial charge in [0.15, 0.2) is 12.0 Å². The molecule has 0 aliphatic carbocycles. The highest BCUT2D eigenvalue weighted by Gasteiger charge is 2.00. The van der Waals surface area contributed by atoms with Gasteiger partial charge in [0, 0.05) is 11.9 Å². The van der Waals surface area contributed by atoms with E-state index in [0.29, 0.717) is 0 Å². The lowest BCUT2D eigenvalue weighted by molar-refractivity contribution is 0.602.